The van der Waals surface area contributed by atoms with Crippen LogP contribution in [0, 0.1) is 0 Å². The fourth-order valence-electron chi connectivity index (χ4n) is 1.77. The normalized spacial score (nSPS) is 10.9. The summed E-state index contributed by atoms with van der Waals surface area (Å²) in [5, 5.41) is 1.53. The van der Waals surface area contributed by atoms with Gasteiger partial charge in [-0.05, 0) is 24.3 Å². The number of halogens is 1. The third-order valence-corrected chi connectivity index (χ3v) is 2.87. The Kier molecular flexibility index (Phi) is 2.27. The zero-order chi connectivity index (χ0) is 11.8. The SMILES string of the molecule is Nc1cccnc1-c1cc2cccc(Cl)c2o1. The summed E-state index contributed by atoms with van der Waals surface area (Å²) in [5.41, 5.74) is 7.74. The summed E-state index contributed by atoms with van der Waals surface area (Å²) >= 11 is 6.05. The number of pyridine rings is 1. The van der Waals surface area contributed by atoms with E-state index in [0.29, 0.717) is 27.7 Å². The Balaban J connectivity index is 2.26. The summed E-state index contributed by atoms with van der Waals surface area (Å²) in [7, 11) is 0. The molecule has 0 aliphatic heterocycles. The van der Waals surface area contributed by atoms with Crippen molar-refractivity contribution in [3.63, 3.8) is 0 Å². The maximum absolute atomic E-state index is 6.05. The Morgan fingerprint density at radius 1 is 1.18 bits per heavy atom. The van der Waals surface area contributed by atoms with Crippen molar-refractivity contribution in [3.05, 3.63) is 47.6 Å². The van der Waals surface area contributed by atoms with E-state index in [4.69, 9.17) is 21.8 Å². The van der Waals surface area contributed by atoms with Crippen LogP contribution in [-0.2, 0) is 0 Å². The van der Waals surface area contributed by atoms with Gasteiger partial charge in [-0.2, -0.15) is 0 Å². The molecule has 3 rings (SSSR count). The second-order valence-corrected chi connectivity index (χ2v) is 4.12. The van der Waals surface area contributed by atoms with E-state index >= 15 is 0 Å². The molecule has 0 saturated carbocycles. The van der Waals surface area contributed by atoms with Crippen LogP contribution in [-0.4, -0.2) is 4.98 Å². The maximum atomic E-state index is 6.05. The molecule has 84 valence electrons. The first-order chi connectivity index (χ1) is 8.25. The Bertz CT molecular complexity index is 691. The number of nitrogens with zero attached hydrogens (tertiary/aromatic N) is 1. The second-order valence-electron chi connectivity index (χ2n) is 3.71. The number of hydrogen-bond donors (Lipinski definition) is 1. The quantitative estimate of drug-likeness (QED) is 0.710. The first-order valence-corrected chi connectivity index (χ1v) is 5.52. The Hall–Kier alpha value is -2.00. The zero-order valence-corrected chi connectivity index (χ0v) is 9.61. The molecule has 4 heteroatoms. The molecule has 3 aromatic rings. The molecular weight excluding hydrogens is 236 g/mol. The molecule has 0 saturated heterocycles. The molecule has 0 aliphatic carbocycles. The van der Waals surface area contributed by atoms with Crippen molar-refractivity contribution in [1.29, 1.82) is 0 Å². The van der Waals surface area contributed by atoms with Crippen LogP contribution in [0.1, 0.15) is 0 Å². The van der Waals surface area contributed by atoms with Crippen molar-refractivity contribution in [2.75, 3.05) is 5.73 Å². The molecule has 0 unspecified atom stereocenters. The van der Waals surface area contributed by atoms with E-state index in [9.17, 15) is 0 Å². The highest BCUT2D eigenvalue weighted by Gasteiger charge is 2.11. The lowest BCUT2D eigenvalue weighted by Gasteiger charge is -1.99. The molecule has 0 fully saturated rings. The predicted molar refractivity (Wildman–Crippen MR) is 68.9 cm³/mol. The van der Waals surface area contributed by atoms with Crippen molar-refractivity contribution < 1.29 is 4.42 Å². The van der Waals surface area contributed by atoms with E-state index in [1.807, 2.05) is 18.2 Å². The smallest absolute Gasteiger partial charge is 0.155 e. The number of hydrogen-bond acceptors (Lipinski definition) is 3. The molecule has 0 bridgehead atoms. The number of aromatic nitrogens is 1. The predicted octanol–water partition coefficient (Wildman–Crippen LogP) is 3.73. The fourth-order valence-corrected chi connectivity index (χ4v) is 1.99. The maximum Gasteiger partial charge on any atom is 0.155 e. The minimum Gasteiger partial charge on any atom is -0.453 e. The van der Waals surface area contributed by atoms with E-state index in [2.05, 4.69) is 4.98 Å². The number of furan rings is 1. The fraction of sp³-hybridized carbons (Fsp3) is 0. The summed E-state index contributed by atoms with van der Waals surface area (Å²) in [4.78, 5) is 4.21. The highest BCUT2D eigenvalue weighted by Crippen LogP contribution is 2.32. The second kappa shape index (κ2) is 3.79. The van der Waals surface area contributed by atoms with Crippen molar-refractivity contribution in [2.24, 2.45) is 0 Å². The summed E-state index contributed by atoms with van der Waals surface area (Å²) in [6.07, 6.45) is 1.68. The number of para-hydroxylation sites is 1. The number of nitrogens with two attached hydrogens (primary N) is 1. The van der Waals surface area contributed by atoms with E-state index in [0.717, 1.165) is 5.39 Å². The first kappa shape index (κ1) is 10.2. The van der Waals surface area contributed by atoms with Gasteiger partial charge in [0.15, 0.2) is 11.3 Å². The van der Waals surface area contributed by atoms with Crippen LogP contribution in [0.2, 0.25) is 5.02 Å². The topological polar surface area (TPSA) is 52.0 Å². The van der Waals surface area contributed by atoms with Crippen molar-refractivity contribution in [3.8, 4) is 11.5 Å². The summed E-state index contributed by atoms with van der Waals surface area (Å²) < 4.78 is 5.69. The van der Waals surface area contributed by atoms with Crippen molar-refractivity contribution in [1.82, 2.24) is 4.98 Å². The van der Waals surface area contributed by atoms with Gasteiger partial charge >= 0.3 is 0 Å². The van der Waals surface area contributed by atoms with E-state index in [1.165, 1.54) is 0 Å². The van der Waals surface area contributed by atoms with Gasteiger partial charge in [0.1, 0.15) is 5.69 Å². The lowest BCUT2D eigenvalue weighted by atomic mass is 10.2. The van der Waals surface area contributed by atoms with Crippen LogP contribution in [0.25, 0.3) is 22.4 Å². The molecule has 1 aromatic carbocycles. The van der Waals surface area contributed by atoms with Gasteiger partial charge in [0, 0.05) is 11.6 Å². The molecule has 0 spiro atoms. The molecular formula is C13H9ClN2O. The number of anilines is 1. The van der Waals surface area contributed by atoms with Crippen LogP contribution in [0.15, 0.2) is 47.0 Å². The number of benzene rings is 1. The van der Waals surface area contributed by atoms with Crippen LogP contribution >= 0.6 is 11.6 Å². The first-order valence-electron chi connectivity index (χ1n) is 5.14. The van der Waals surface area contributed by atoms with Crippen LogP contribution in [0.5, 0.6) is 0 Å². The zero-order valence-electron chi connectivity index (χ0n) is 8.85. The monoisotopic (exact) mass is 244 g/mol. The molecule has 0 atom stereocenters. The molecule has 2 heterocycles. The van der Waals surface area contributed by atoms with Gasteiger partial charge in [-0.1, -0.05) is 23.7 Å². The van der Waals surface area contributed by atoms with Gasteiger partial charge < -0.3 is 10.2 Å². The Morgan fingerprint density at radius 2 is 2.06 bits per heavy atom. The minimum absolute atomic E-state index is 0.586. The lowest BCUT2D eigenvalue weighted by molar-refractivity contribution is 0.629. The van der Waals surface area contributed by atoms with Gasteiger partial charge in [-0.3, -0.25) is 4.98 Å². The number of fused-ring (bicyclic) bond motifs is 1. The lowest BCUT2D eigenvalue weighted by Crippen LogP contribution is -1.90. The van der Waals surface area contributed by atoms with Gasteiger partial charge in [-0.15, -0.1) is 0 Å². The van der Waals surface area contributed by atoms with Gasteiger partial charge in [0.25, 0.3) is 0 Å². The molecule has 0 aliphatic rings. The van der Waals surface area contributed by atoms with Gasteiger partial charge in [0.2, 0.25) is 0 Å². The van der Waals surface area contributed by atoms with Crippen molar-refractivity contribution >= 4 is 28.3 Å². The largest absolute Gasteiger partial charge is 0.453 e. The van der Waals surface area contributed by atoms with E-state index < -0.39 is 0 Å². The number of rotatable bonds is 1. The highest BCUT2D eigenvalue weighted by atomic mass is 35.5. The van der Waals surface area contributed by atoms with Crippen LogP contribution in [0.4, 0.5) is 5.69 Å². The molecule has 17 heavy (non-hydrogen) atoms. The van der Waals surface area contributed by atoms with Crippen molar-refractivity contribution in [2.45, 2.75) is 0 Å². The summed E-state index contributed by atoms with van der Waals surface area (Å²) in [5.74, 6) is 0.631. The highest BCUT2D eigenvalue weighted by molar-refractivity contribution is 6.34. The average molecular weight is 245 g/mol. The third-order valence-electron chi connectivity index (χ3n) is 2.57. The molecule has 3 nitrogen and oxygen atoms in total. The van der Waals surface area contributed by atoms with Gasteiger partial charge in [-0.25, -0.2) is 0 Å². The molecule has 2 N–H and O–H groups in total. The third kappa shape index (κ3) is 1.65. The van der Waals surface area contributed by atoms with Crippen LogP contribution < -0.4 is 5.73 Å². The van der Waals surface area contributed by atoms with Crippen LogP contribution in [0.3, 0.4) is 0 Å². The number of nitrogen functional groups attached to an aromatic ring is 1. The van der Waals surface area contributed by atoms with Gasteiger partial charge in [0.05, 0.1) is 10.7 Å². The summed E-state index contributed by atoms with van der Waals surface area (Å²) in [6, 6.07) is 11.1. The summed E-state index contributed by atoms with van der Waals surface area (Å²) in [6.45, 7) is 0. The minimum atomic E-state index is 0.586. The standard InChI is InChI=1S/C13H9ClN2O/c14-9-4-1-3-8-7-11(17-13(8)9)12-10(15)5-2-6-16-12/h1-7H,15H2. The molecule has 0 amide bonds. The molecule has 2 aromatic heterocycles. The Labute approximate surface area is 103 Å². The molecule has 0 radical (unpaired) electrons. The van der Waals surface area contributed by atoms with E-state index in [-0.39, 0.29) is 0 Å². The average Bonchev–Trinajstić information content (AvgIpc) is 2.75. The Morgan fingerprint density at radius 3 is 2.82 bits per heavy atom. The van der Waals surface area contributed by atoms with E-state index in [1.54, 1.807) is 24.4 Å².